The van der Waals surface area contributed by atoms with E-state index in [2.05, 4.69) is 28.4 Å². The summed E-state index contributed by atoms with van der Waals surface area (Å²) >= 11 is 0. The lowest BCUT2D eigenvalue weighted by molar-refractivity contribution is 0.0947. The minimum atomic E-state index is -0.605. The predicted octanol–water partition coefficient (Wildman–Crippen LogP) is 2.79. The lowest BCUT2D eigenvalue weighted by atomic mass is 9.96. The van der Waals surface area contributed by atoms with Gasteiger partial charge in [-0.15, -0.1) is 0 Å². The maximum Gasteiger partial charge on any atom is 0.223 e. The highest BCUT2D eigenvalue weighted by atomic mass is 16.5. The van der Waals surface area contributed by atoms with Crippen molar-refractivity contribution in [2.45, 2.75) is 58.1 Å². The van der Waals surface area contributed by atoms with Crippen LogP contribution in [0.15, 0.2) is 22.7 Å². The SMILES string of the molecule is Cc1ccc(OCC(O)CNC2(c3noc(C)n3)CCCC2)c(C)c1. The quantitative estimate of drug-likeness (QED) is 0.803. The molecule has 6 nitrogen and oxygen atoms in total. The van der Waals surface area contributed by atoms with E-state index in [1.807, 2.05) is 19.1 Å². The normalized spacial score (nSPS) is 17.6. The van der Waals surface area contributed by atoms with Gasteiger partial charge < -0.3 is 19.7 Å². The maximum atomic E-state index is 10.3. The van der Waals surface area contributed by atoms with Crippen LogP contribution in [-0.4, -0.2) is 34.5 Å². The number of aliphatic hydroxyl groups excluding tert-OH is 1. The molecule has 2 aromatic rings. The molecule has 2 N–H and O–H groups in total. The van der Waals surface area contributed by atoms with Crippen LogP contribution in [0.4, 0.5) is 0 Å². The lowest BCUT2D eigenvalue weighted by Crippen LogP contribution is -2.45. The van der Waals surface area contributed by atoms with E-state index < -0.39 is 6.10 Å². The fourth-order valence-corrected chi connectivity index (χ4v) is 3.47. The molecule has 0 bridgehead atoms. The van der Waals surface area contributed by atoms with Gasteiger partial charge in [0.05, 0.1) is 5.54 Å². The second kappa shape index (κ2) is 7.54. The largest absolute Gasteiger partial charge is 0.491 e. The number of hydrogen-bond donors (Lipinski definition) is 2. The van der Waals surface area contributed by atoms with Gasteiger partial charge in [-0.2, -0.15) is 4.98 Å². The molecular weight excluding hydrogens is 318 g/mol. The summed E-state index contributed by atoms with van der Waals surface area (Å²) < 4.78 is 10.9. The van der Waals surface area contributed by atoms with Crippen molar-refractivity contribution < 1.29 is 14.4 Å². The van der Waals surface area contributed by atoms with Gasteiger partial charge in [-0.05, 0) is 38.3 Å². The number of nitrogens with zero attached hydrogens (tertiary/aromatic N) is 2. The second-order valence-electron chi connectivity index (χ2n) is 7.04. The molecule has 1 heterocycles. The van der Waals surface area contributed by atoms with Crippen LogP contribution in [0, 0.1) is 20.8 Å². The van der Waals surface area contributed by atoms with E-state index in [0.29, 0.717) is 18.3 Å². The number of benzene rings is 1. The Balaban J connectivity index is 1.56. The molecule has 1 atom stereocenters. The molecule has 0 saturated heterocycles. The molecule has 1 aliphatic rings. The Labute approximate surface area is 148 Å². The summed E-state index contributed by atoms with van der Waals surface area (Å²) in [4.78, 5) is 4.40. The van der Waals surface area contributed by atoms with Gasteiger partial charge in [0.15, 0.2) is 5.82 Å². The van der Waals surface area contributed by atoms with Gasteiger partial charge in [0.1, 0.15) is 18.5 Å². The third kappa shape index (κ3) is 4.19. The zero-order valence-corrected chi connectivity index (χ0v) is 15.2. The van der Waals surface area contributed by atoms with Crippen molar-refractivity contribution in [2.24, 2.45) is 0 Å². The van der Waals surface area contributed by atoms with E-state index in [0.717, 1.165) is 37.0 Å². The summed E-state index contributed by atoms with van der Waals surface area (Å²) in [6, 6.07) is 6.04. The molecule has 0 radical (unpaired) electrons. The van der Waals surface area contributed by atoms with Crippen LogP contribution >= 0.6 is 0 Å². The average Bonchev–Trinajstić information content (AvgIpc) is 3.22. The van der Waals surface area contributed by atoms with Crippen LogP contribution in [0.3, 0.4) is 0 Å². The van der Waals surface area contributed by atoms with Gasteiger partial charge in [-0.3, -0.25) is 0 Å². The van der Waals surface area contributed by atoms with Crippen LogP contribution in [0.2, 0.25) is 0 Å². The van der Waals surface area contributed by atoms with Gasteiger partial charge in [-0.1, -0.05) is 35.7 Å². The molecule has 0 amide bonds. The predicted molar refractivity (Wildman–Crippen MR) is 94.6 cm³/mol. The Morgan fingerprint density at radius 2 is 2.04 bits per heavy atom. The average molecular weight is 345 g/mol. The molecule has 1 unspecified atom stereocenters. The summed E-state index contributed by atoms with van der Waals surface area (Å²) in [5.74, 6) is 2.08. The van der Waals surface area contributed by atoms with Crippen molar-refractivity contribution in [1.29, 1.82) is 0 Å². The number of aryl methyl sites for hydroxylation is 3. The molecule has 1 aliphatic carbocycles. The van der Waals surface area contributed by atoms with Crippen molar-refractivity contribution in [3.63, 3.8) is 0 Å². The minimum absolute atomic E-state index is 0.248. The van der Waals surface area contributed by atoms with Crippen molar-refractivity contribution in [3.05, 3.63) is 41.0 Å². The smallest absolute Gasteiger partial charge is 0.223 e. The molecule has 136 valence electrons. The van der Waals surface area contributed by atoms with Crippen molar-refractivity contribution in [3.8, 4) is 5.75 Å². The monoisotopic (exact) mass is 345 g/mol. The summed E-state index contributed by atoms with van der Waals surface area (Å²) in [6.07, 6.45) is 3.55. The first kappa shape index (κ1) is 17.9. The van der Waals surface area contributed by atoms with Gasteiger partial charge in [0.25, 0.3) is 0 Å². The Hall–Kier alpha value is -1.92. The molecule has 1 fully saturated rings. The Bertz CT molecular complexity index is 708. The number of rotatable bonds is 7. The van der Waals surface area contributed by atoms with Crippen molar-refractivity contribution >= 4 is 0 Å². The van der Waals surface area contributed by atoms with Crippen molar-refractivity contribution in [2.75, 3.05) is 13.2 Å². The Morgan fingerprint density at radius 3 is 2.68 bits per heavy atom. The third-order valence-electron chi connectivity index (χ3n) is 4.85. The molecule has 0 aliphatic heterocycles. The maximum absolute atomic E-state index is 10.3. The van der Waals surface area contributed by atoms with Crippen LogP contribution in [0.5, 0.6) is 5.75 Å². The highest BCUT2D eigenvalue weighted by Crippen LogP contribution is 2.37. The topological polar surface area (TPSA) is 80.4 Å². The third-order valence-corrected chi connectivity index (χ3v) is 4.85. The minimum Gasteiger partial charge on any atom is -0.491 e. The van der Waals surface area contributed by atoms with Crippen LogP contribution in [0.1, 0.15) is 48.5 Å². The molecule has 6 heteroatoms. The Kier molecular flexibility index (Phi) is 5.39. The first-order valence-electron chi connectivity index (χ1n) is 8.92. The van der Waals surface area contributed by atoms with Crippen LogP contribution < -0.4 is 10.1 Å². The van der Waals surface area contributed by atoms with Gasteiger partial charge >= 0.3 is 0 Å². The van der Waals surface area contributed by atoms with E-state index in [-0.39, 0.29) is 12.1 Å². The Morgan fingerprint density at radius 1 is 1.28 bits per heavy atom. The summed E-state index contributed by atoms with van der Waals surface area (Å²) in [5.41, 5.74) is 1.98. The molecule has 0 spiro atoms. The van der Waals surface area contributed by atoms with Gasteiger partial charge in [0.2, 0.25) is 5.89 Å². The number of hydrogen-bond acceptors (Lipinski definition) is 6. The standard InChI is InChI=1S/C19H27N3O3/c1-13-6-7-17(14(2)10-13)24-12-16(23)11-20-19(8-4-5-9-19)18-21-15(3)25-22-18/h6-7,10,16,20,23H,4-5,8-9,11-12H2,1-3H3. The van der Waals surface area contributed by atoms with Gasteiger partial charge in [0, 0.05) is 13.5 Å². The molecule has 1 saturated carbocycles. The molecule has 3 rings (SSSR count). The highest BCUT2D eigenvalue weighted by molar-refractivity contribution is 5.35. The fourth-order valence-electron chi connectivity index (χ4n) is 3.47. The highest BCUT2D eigenvalue weighted by Gasteiger charge is 2.39. The van der Waals surface area contributed by atoms with Crippen molar-refractivity contribution in [1.82, 2.24) is 15.5 Å². The summed E-state index contributed by atoms with van der Waals surface area (Å²) in [6.45, 7) is 6.54. The van der Waals surface area contributed by atoms with Gasteiger partial charge in [-0.25, -0.2) is 0 Å². The van der Waals surface area contributed by atoms with E-state index in [1.165, 1.54) is 5.56 Å². The van der Waals surface area contributed by atoms with Crippen LogP contribution in [-0.2, 0) is 5.54 Å². The molecule has 25 heavy (non-hydrogen) atoms. The lowest BCUT2D eigenvalue weighted by Gasteiger charge is -2.28. The zero-order chi connectivity index (χ0) is 17.9. The van der Waals surface area contributed by atoms with E-state index >= 15 is 0 Å². The molecule has 1 aromatic carbocycles. The first-order valence-corrected chi connectivity index (χ1v) is 8.92. The molecular formula is C19H27N3O3. The fraction of sp³-hybridized carbons (Fsp3) is 0.579. The summed E-state index contributed by atoms with van der Waals surface area (Å²) in [5, 5.41) is 17.9. The van der Waals surface area contributed by atoms with E-state index in [9.17, 15) is 5.11 Å². The van der Waals surface area contributed by atoms with E-state index in [1.54, 1.807) is 6.92 Å². The second-order valence-corrected chi connectivity index (χ2v) is 7.04. The summed E-state index contributed by atoms with van der Waals surface area (Å²) in [7, 11) is 0. The molecule has 1 aromatic heterocycles. The number of nitrogens with one attached hydrogen (secondary N) is 1. The van der Waals surface area contributed by atoms with Crippen LogP contribution in [0.25, 0.3) is 0 Å². The van der Waals surface area contributed by atoms with E-state index in [4.69, 9.17) is 9.26 Å². The number of ether oxygens (including phenoxy) is 1. The number of aliphatic hydroxyl groups is 1. The zero-order valence-electron chi connectivity index (χ0n) is 15.2. The number of aromatic nitrogens is 2. The first-order chi connectivity index (χ1) is 12.0.